The number of hydrogen-bond donors (Lipinski definition) is 0. The quantitative estimate of drug-likeness (QED) is 0.816. The average molecular weight is 302 g/mol. The summed E-state index contributed by atoms with van der Waals surface area (Å²) in [7, 11) is 0. The van der Waals surface area contributed by atoms with Crippen LogP contribution in [0.1, 0.15) is 25.6 Å². The van der Waals surface area contributed by atoms with Gasteiger partial charge in [0.05, 0.1) is 25.0 Å². The van der Waals surface area contributed by atoms with Crippen LogP contribution in [0.3, 0.4) is 0 Å². The van der Waals surface area contributed by atoms with Crippen LogP contribution >= 0.6 is 0 Å². The van der Waals surface area contributed by atoms with Gasteiger partial charge in [-0.2, -0.15) is 5.10 Å². The largest absolute Gasteiger partial charge is 0.368 e. The molecule has 8 heteroatoms. The van der Waals surface area contributed by atoms with E-state index in [1.807, 2.05) is 13.8 Å². The maximum absolute atomic E-state index is 12.8. The fourth-order valence-electron chi connectivity index (χ4n) is 2.47. The molecule has 1 aliphatic rings. The Morgan fingerprint density at radius 1 is 1.36 bits per heavy atom. The molecule has 1 atom stereocenters. The summed E-state index contributed by atoms with van der Waals surface area (Å²) in [5.41, 5.74) is -0.0561. The number of hydrogen-bond acceptors (Lipinski definition) is 6. The Bertz CT molecular complexity index is 628. The smallest absolute Gasteiger partial charge is 0.250 e. The molecule has 0 spiro atoms. The summed E-state index contributed by atoms with van der Waals surface area (Å²) in [6, 6.07) is 0. The Morgan fingerprint density at radius 3 is 2.91 bits per heavy atom. The molecular weight excluding hydrogens is 284 g/mol. The predicted molar refractivity (Wildman–Crippen MR) is 76.6 cm³/mol. The molecule has 0 aliphatic carbocycles. The third kappa shape index (κ3) is 2.69. The van der Waals surface area contributed by atoms with E-state index in [2.05, 4.69) is 20.1 Å². The molecule has 0 unspecified atom stereocenters. The fraction of sp³-hybridized carbons (Fsp3) is 0.500. The zero-order chi connectivity index (χ0) is 15.6. The van der Waals surface area contributed by atoms with Gasteiger partial charge in [0.1, 0.15) is 24.3 Å². The number of amides is 1. The predicted octanol–water partition coefficient (Wildman–Crippen LogP) is 0.403. The van der Waals surface area contributed by atoms with Crippen molar-refractivity contribution in [1.29, 1.82) is 0 Å². The van der Waals surface area contributed by atoms with Crippen LogP contribution in [0.25, 0.3) is 0 Å². The standard InChI is InChI=1S/C14H18N6O2/c1-14(2,20-10-16-9-18-20)13(21)19-5-6-22-12(8-19)11-7-15-3-4-17-11/h3-4,7,9-10,12H,5-6,8H2,1-2H3/t12-/m1/s1. The first-order valence-corrected chi connectivity index (χ1v) is 7.11. The van der Waals surface area contributed by atoms with Crippen molar-refractivity contribution in [2.24, 2.45) is 0 Å². The number of morpholine rings is 1. The molecule has 0 saturated carbocycles. The summed E-state index contributed by atoms with van der Waals surface area (Å²) < 4.78 is 7.29. The molecule has 1 aliphatic heterocycles. The molecule has 2 aromatic heterocycles. The Labute approximate surface area is 128 Å². The van der Waals surface area contributed by atoms with Crippen molar-refractivity contribution in [3.05, 3.63) is 36.9 Å². The van der Waals surface area contributed by atoms with Gasteiger partial charge in [-0.1, -0.05) is 0 Å². The molecule has 0 bridgehead atoms. The SMILES string of the molecule is CC(C)(C(=O)N1CCO[C@@H](c2cnccn2)C1)n1cncn1. The highest BCUT2D eigenvalue weighted by Gasteiger charge is 2.37. The van der Waals surface area contributed by atoms with Crippen molar-refractivity contribution in [3.63, 3.8) is 0 Å². The van der Waals surface area contributed by atoms with E-state index in [1.165, 1.54) is 6.33 Å². The lowest BCUT2D eigenvalue weighted by atomic mass is 10.0. The normalized spacial score (nSPS) is 19.2. The number of rotatable bonds is 3. The van der Waals surface area contributed by atoms with Crippen molar-refractivity contribution in [3.8, 4) is 0 Å². The minimum absolute atomic E-state index is 0.0183. The van der Waals surface area contributed by atoms with E-state index in [-0.39, 0.29) is 12.0 Å². The topological polar surface area (TPSA) is 86.0 Å². The summed E-state index contributed by atoms with van der Waals surface area (Å²) in [6.45, 7) is 5.14. The highest BCUT2D eigenvalue weighted by molar-refractivity contribution is 5.83. The van der Waals surface area contributed by atoms with Crippen LogP contribution in [-0.2, 0) is 15.1 Å². The summed E-state index contributed by atoms with van der Waals surface area (Å²) in [5.74, 6) is -0.0183. The molecule has 116 valence electrons. The Kier molecular flexibility index (Phi) is 3.84. The summed E-state index contributed by atoms with van der Waals surface area (Å²) in [5, 5.41) is 4.09. The molecule has 2 aromatic rings. The lowest BCUT2D eigenvalue weighted by molar-refractivity contribution is -0.147. The third-order valence-corrected chi connectivity index (χ3v) is 3.78. The lowest BCUT2D eigenvalue weighted by Crippen LogP contribution is -2.51. The van der Waals surface area contributed by atoms with Crippen molar-refractivity contribution < 1.29 is 9.53 Å². The number of carbonyl (C=O) groups is 1. The zero-order valence-corrected chi connectivity index (χ0v) is 12.6. The Balaban J connectivity index is 1.76. The molecule has 0 N–H and O–H groups in total. The molecule has 0 radical (unpaired) electrons. The second-order valence-corrected chi connectivity index (χ2v) is 5.64. The maximum Gasteiger partial charge on any atom is 0.250 e. The highest BCUT2D eigenvalue weighted by atomic mass is 16.5. The van der Waals surface area contributed by atoms with Crippen LogP contribution in [0.15, 0.2) is 31.2 Å². The molecule has 1 amide bonds. The van der Waals surface area contributed by atoms with Crippen LogP contribution in [-0.4, -0.2) is 55.2 Å². The highest BCUT2D eigenvalue weighted by Crippen LogP contribution is 2.24. The minimum atomic E-state index is -0.791. The molecule has 0 aromatic carbocycles. The summed E-state index contributed by atoms with van der Waals surface area (Å²) >= 11 is 0. The molecule has 8 nitrogen and oxygen atoms in total. The van der Waals surface area contributed by atoms with Gasteiger partial charge in [-0.05, 0) is 13.8 Å². The minimum Gasteiger partial charge on any atom is -0.368 e. The number of carbonyl (C=O) groups excluding carboxylic acids is 1. The second-order valence-electron chi connectivity index (χ2n) is 5.64. The fourth-order valence-corrected chi connectivity index (χ4v) is 2.47. The molecule has 3 rings (SSSR count). The van der Waals surface area contributed by atoms with Gasteiger partial charge < -0.3 is 9.64 Å². The van der Waals surface area contributed by atoms with Gasteiger partial charge in [0.2, 0.25) is 5.91 Å². The van der Waals surface area contributed by atoms with E-state index in [1.54, 1.807) is 34.5 Å². The molecule has 1 fully saturated rings. The number of ether oxygens (including phenoxy) is 1. The van der Waals surface area contributed by atoms with Crippen molar-refractivity contribution in [2.45, 2.75) is 25.5 Å². The molecule has 3 heterocycles. The van der Waals surface area contributed by atoms with Gasteiger partial charge in [-0.3, -0.25) is 14.8 Å². The van der Waals surface area contributed by atoms with E-state index in [4.69, 9.17) is 4.74 Å². The van der Waals surface area contributed by atoms with Crippen molar-refractivity contribution in [2.75, 3.05) is 19.7 Å². The Hall–Kier alpha value is -2.35. The van der Waals surface area contributed by atoms with E-state index in [0.717, 1.165) is 5.69 Å². The van der Waals surface area contributed by atoms with Gasteiger partial charge in [0.25, 0.3) is 0 Å². The second kappa shape index (κ2) is 5.80. The number of nitrogens with zero attached hydrogens (tertiary/aromatic N) is 6. The van der Waals surface area contributed by atoms with E-state index in [0.29, 0.717) is 19.7 Å². The van der Waals surface area contributed by atoms with Crippen molar-refractivity contribution >= 4 is 5.91 Å². The number of aromatic nitrogens is 5. The molecular formula is C14H18N6O2. The van der Waals surface area contributed by atoms with Gasteiger partial charge in [-0.25, -0.2) is 9.67 Å². The van der Waals surface area contributed by atoms with Crippen LogP contribution in [0.5, 0.6) is 0 Å². The van der Waals surface area contributed by atoms with Crippen LogP contribution in [0.4, 0.5) is 0 Å². The van der Waals surface area contributed by atoms with E-state index >= 15 is 0 Å². The van der Waals surface area contributed by atoms with Gasteiger partial charge in [0, 0.05) is 18.9 Å². The van der Waals surface area contributed by atoms with Gasteiger partial charge >= 0.3 is 0 Å². The monoisotopic (exact) mass is 302 g/mol. The van der Waals surface area contributed by atoms with E-state index < -0.39 is 5.54 Å². The first-order chi connectivity index (χ1) is 10.6. The average Bonchev–Trinajstić information content (AvgIpc) is 3.10. The third-order valence-electron chi connectivity index (χ3n) is 3.78. The maximum atomic E-state index is 12.8. The van der Waals surface area contributed by atoms with Gasteiger partial charge in [-0.15, -0.1) is 0 Å². The molecule has 1 saturated heterocycles. The van der Waals surface area contributed by atoms with Crippen LogP contribution in [0, 0.1) is 0 Å². The molecule has 22 heavy (non-hydrogen) atoms. The van der Waals surface area contributed by atoms with Crippen LogP contribution in [0.2, 0.25) is 0 Å². The zero-order valence-electron chi connectivity index (χ0n) is 12.6. The Morgan fingerprint density at radius 2 is 2.23 bits per heavy atom. The summed E-state index contributed by atoms with van der Waals surface area (Å²) in [4.78, 5) is 26.8. The summed E-state index contributed by atoms with van der Waals surface area (Å²) in [6.07, 6.45) is 7.64. The first-order valence-electron chi connectivity index (χ1n) is 7.11. The van der Waals surface area contributed by atoms with Crippen LogP contribution < -0.4 is 0 Å². The van der Waals surface area contributed by atoms with E-state index in [9.17, 15) is 4.79 Å². The lowest BCUT2D eigenvalue weighted by Gasteiger charge is -2.37. The van der Waals surface area contributed by atoms with Gasteiger partial charge in [0.15, 0.2) is 0 Å². The first kappa shape index (κ1) is 14.6. The van der Waals surface area contributed by atoms with Crippen molar-refractivity contribution in [1.82, 2.24) is 29.6 Å².